The molecule has 100 valence electrons. The van der Waals surface area contributed by atoms with Crippen LogP contribution in [-0.2, 0) is 6.18 Å². The second-order valence-corrected chi connectivity index (χ2v) is 3.71. The van der Waals surface area contributed by atoms with Gasteiger partial charge in [-0.05, 0) is 18.2 Å². The molecule has 0 unspecified atom stereocenters. The Bertz CT molecular complexity index is 605. The number of halogens is 3. The molecule has 1 aromatic heterocycles. The van der Waals surface area contributed by atoms with Gasteiger partial charge in [-0.1, -0.05) is 0 Å². The molecule has 0 aliphatic heterocycles. The first-order valence-electron chi connectivity index (χ1n) is 5.21. The van der Waals surface area contributed by atoms with Crippen molar-refractivity contribution in [3.05, 3.63) is 41.7 Å². The van der Waals surface area contributed by atoms with Crippen molar-refractivity contribution >= 4 is 6.29 Å². The average Bonchev–Trinajstić information content (AvgIpc) is 2.85. The SMILES string of the molecule is COc1cnn(-c2ccc(C=O)c(C(F)(F)F)c2)c1. The summed E-state index contributed by atoms with van der Waals surface area (Å²) in [6, 6.07) is 3.36. The highest BCUT2D eigenvalue weighted by Crippen LogP contribution is 2.32. The first-order valence-corrected chi connectivity index (χ1v) is 5.21. The molecular formula is C12H9F3N2O2. The monoisotopic (exact) mass is 270 g/mol. The van der Waals surface area contributed by atoms with E-state index in [1.165, 1.54) is 30.3 Å². The number of benzene rings is 1. The minimum Gasteiger partial charge on any atom is -0.493 e. The number of carbonyl (C=O) groups is 1. The van der Waals surface area contributed by atoms with E-state index in [0.717, 1.165) is 12.1 Å². The van der Waals surface area contributed by atoms with Crippen molar-refractivity contribution in [2.45, 2.75) is 6.18 Å². The molecule has 0 radical (unpaired) electrons. The van der Waals surface area contributed by atoms with Gasteiger partial charge in [0.2, 0.25) is 0 Å². The van der Waals surface area contributed by atoms with Crippen LogP contribution >= 0.6 is 0 Å². The van der Waals surface area contributed by atoms with Gasteiger partial charge >= 0.3 is 6.18 Å². The van der Waals surface area contributed by atoms with Gasteiger partial charge in [-0.15, -0.1) is 0 Å². The van der Waals surface area contributed by atoms with Crippen LogP contribution < -0.4 is 4.74 Å². The lowest BCUT2D eigenvalue weighted by Gasteiger charge is -2.11. The minimum absolute atomic E-state index is 0.177. The molecule has 2 rings (SSSR count). The zero-order valence-corrected chi connectivity index (χ0v) is 9.81. The van der Waals surface area contributed by atoms with E-state index in [1.54, 1.807) is 0 Å². The lowest BCUT2D eigenvalue weighted by molar-refractivity contribution is -0.137. The molecule has 1 aromatic carbocycles. The van der Waals surface area contributed by atoms with Crippen LogP contribution in [0.15, 0.2) is 30.6 Å². The first-order chi connectivity index (χ1) is 8.95. The third-order valence-corrected chi connectivity index (χ3v) is 2.53. The summed E-state index contributed by atoms with van der Waals surface area (Å²) in [5, 5.41) is 3.87. The number of methoxy groups -OCH3 is 1. The maximum absolute atomic E-state index is 12.8. The molecule has 0 saturated heterocycles. The van der Waals surface area contributed by atoms with E-state index < -0.39 is 17.3 Å². The van der Waals surface area contributed by atoms with Gasteiger partial charge in [-0.2, -0.15) is 18.3 Å². The fraction of sp³-hybridized carbons (Fsp3) is 0.167. The Morgan fingerprint density at radius 1 is 1.37 bits per heavy atom. The van der Waals surface area contributed by atoms with Gasteiger partial charge in [0.15, 0.2) is 12.0 Å². The largest absolute Gasteiger partial charge is 0.493 e. The predicted octanol–water partition coefficient (Wildman–Crippen LogP) is 2.71. The number of carbonyl (C=O) groups excluding carboxylic acids is 1. The zero-order chi connectivity index (χ0) is 14.0. The maximum Gasteiger partial charge on any atom is 0.417 e. The Kier molecular flexibility index (Phi) is 3.28. The van der Waals surface area contributed by atoms with Crippen LogP contribution in [0.4, 0.5) is 13.2 Å². The molecule has 0 bridgehead atoms. The van der Waals surface area contributed by atoms with Crippen LogP contribution in [0.3, 0.4) is 0 Å². The Balaban J connectivity index is 2.51. The smallest absolute Gasteiger partial charge is 0.417 e. The van der Waals surface area contributed by atoms with E-state index >= 15 is 0 Å². The van der Waals surface area contributed by atoms with Crippen LogP contribution in [0.1, 0.15) is 15.9 Å². The maximum atomic E-state index is 12.8. The molecule has 0 fully saturated rings. The molecule has 0 N–H and O–H groups in total. The predicted molar refractivity (Wildman–Crippen MR) is 60.5 cm³/mol. The zero-order valence-electron chi connectivity index (χ0n) is 9.81. The van der Waals surface area contributed by atoms with Crippen molar-refractivity contribution in [1.82, 2.24) is 9.78 Å². The highest BCUT2D eigenvalue weighted by Gasteiger charge is 2.33. The number of hydrogen-bond donors (Lipinski definition) is 0. The van der Waals surface area contributed by atoms with E-state index in [9.17, 15) is 18.0 Å². The lowest BCUT2D eigenvalue weighted by Crippen LogP contribution is -2.10. The summed E-state index contributed by atoms with van der Waals surface area (Å²) >= 11 is 0. The summed E-state index contributed by atoms with van der Waals surface area (Å²) in [5.74, 6) is 0.424. The molecule has 2 aromatic rings. The van der Waals surface area contributed by atoms with E-state index in [4.69, 9.17) is 4.74 Å². The second-order valence-electron chi connectivity index (χ2n) is 3.71. The molecule has 7 heteroatoms. The van der Waals surface area contributed by atoms with Crippen molar-refractivity contribution in [2.24, 2.45) is 0 Å². The van der Waals surface area contributed by atoms with Gasteiger partial charge in [-0.25, -0.2) is 4.68 Å². The summed E-state index contributed by atoms with van der Waals surface area (Å²) in [5.41, 5.74) is -1.20. The summed E-state index contributed by atoms with van der Waals surface area (Å²) in [4.78, 5) is 10.6. The third kappa shape index (κ3) is 2.59. The van der Waals surface area contributed by atoms with Crippen molar-refractivity contribution < 1.29 is 22.7 Å². The molecule has 0 aliphatic carbocycles. The van der Waals surface area contributed by atoms with Gasteiger partial charge in [0.05, 0.1) is 30.8 Å². The molecule has 1 heterocycles. The number of alkyl halides is 3. The lowest BCUT2D eigenvalue weighted by atomic mass is 10.1. The molecule has 4 nitrogen and oxygen atoms in total. The molecule has 0 spiro atoms. The molecular weight excluding hydrogens is 261 g/mol. The second kappa shape index (κ2) is 4.75. The number of hydrogen-bond acceptors (Lipinski definition) is 3. The molecule has 0 amide bonds. The molecule has 0 saturated carbocycles. The van der Waals surface area contributed by atoms with Gasteiger partial charge in [-0.3, -0.25) is 4.79 Å². The van der Waals surface area contributed by atoms with Crippen LogP contribution in [-0.4, -0.2) is 23.2 Å². The van der Waals surface area contributed by atoms with Crippen molar-refractivity contribution in [2.75, 3.05) is 7.11 Å². The van der Waals surface area contributed by atoms with E-state index in [2.05, 4.69) is 5.10 Å². The Hall–Kier alpha value is -2.31. The number of ether oxygens (including phenoxy) is 1. The fourth-order valence-electron chi connectivity index (χ4n) is 1.59. The van der Waals surface area contributed by atoms with Crippen LogP contribution in [0.5, 0.6) is 5.75 Å². The Morgan fingerprint density at radius 2 is 2.11 bits per heavy atom. The normalized spacial score (nSPS) is 11.4. The van der Waals surface area contributed by atoms with Gasteiger partial charge < -0.3 is 4.74 Å². The van der Waals surface area contributed by atoms with Gasteiger partial charge in [0.25, 0.3) is 0 Å². The van der Waals surface area contributed by atoms with Crippen molar-refractivity contribution in [3.8, 4) is 11.4 Å². The number of aldehydes is 1. The van der Waals surface area contributed by atoms with Crippen LogP contribution in [0.2, 0.25) is 0 Å². The summed E-state index contributed by atoms with van der Waals surface area (Å²) < 4.78 is 44.5. The molecule has 19 heavy (non-hydrogen) atoms. The topological polar surface area (TPSA) is 44.1 Å². The fourth-order valence-corrected chi connectivity index (χ4v) is 1.59. The third-order valence-electron chi connectivity index (χ3n) is 2.53. The first kappa shape index (κ1) is 13.1. The number of nitrogens with zero attached hydrogens (tertiary/aromatic N) is 2. The Morgan fingerprint density at radius 3 is 2.63 bits per heavy atom. The van der Waals surface area contributed by atoms with Crippen molar-refractivity contribution in [1.29, 1.82) is 0 Å². The summed E-state index contributed by atoms with van der Waals surface area (Å²) in [6.45, 7) is 0. The van der Waals surface area contributed by atoms with Crippen LogP contribution in [0, 0.1) is 0 Å². The van der Waals surface area contributed by atoms with E-state index in [-0.39, 0.29) is 12.0 Å². The van der Waals surface area contributed by atoms with Gasteiger partial charge in [0.1, 0.15) is 0 Å². The number of aromatic nitrogens is 2. The number of rotatable bonds is 3. The van der Waals surface area contributed by atoms with Crippen molar-refractivity contribution in [3.63, 3.8) is 0 Å². The van der Waals surface area contributed by atoms with E-state index in [0.29, 0.717) is 5.75 Å². The van der Waals surface area contributed by atoms with Gasteiger partial charge in [0, 0.05) is 5.56 Å². The molecule has 0 aliphatic rings. The van der Waals surface area contributed by atoms with Crippen LogP contribution in [0.25, 0.3) is 5.69 Å². The highest BCUT2D eigenvalue weighted by atomic mass is 19.4. The average molecular weight is 270 g/mol. The van der Waals surface area contributed by atoms with E-state index in [1.807, 2.05) is 0 Å². The summed E-state index contributed by atoms with van der Waals surface area (Å²) in [6.07, 6.45) is -1.60. The quantitative estimate of drug-likeness (QED) is 0.805. The standard InChI is InChI=1S/C12H9F3N2O2/c1-19-10-5-16-17(6-10)9-3-2-8(7-18)11(4-9)12(13,14)15/h2-7H,1H3. The molecule has 0 atom stereocenters. The summed E-state index contributed by atoms with van der Waals surface area (Å²) in [7, 11) is 1.43. The minimum atomic E-state index is -4.59. The highest BCUT2D eigenvalue weighted by molar-refractivity contribution is 5.78. The Labute approximate surface area is 106 Å².